The lowest BCUT2D eigenvalue weighted by molar-refractivity contribution is 0.353. The minimum absolute atomic E-state index is 0.633. The Morgan fingerprint density at radius 1 is 1.17 bits per heavy atom. The molecular weight excluding hydrogens is 296 g/mol. The molecule has 2 N–H and O–H groups in total. The summed E-state index contributed by atoms with van der Waals surface area (Å²) in [4.78, 5) is 2.36. The number of hydrogen-bond acceptors (Lipinski definition) is 3. The van der Waals surface area contributed by atoms with Crippen molar-refractivity contribution in [2.75, 3.05) is 23.7 Å². The molecule has 1 aliphatic rings. The molecule has 24 heavy (non-hydrogen) atoms. The molecule has 0 unspecified atom stereocenters. The van der Waals surface area contributed by atoms with Crippen molar-refractivity contribution < 1.29 is 0 Å². The normalized spacial score (nSPS) is 20.8. The molecule has 0 aliphatic carbocycles. The SMILES string of the molecule is Cc1ccc(Cn2c(C#N)cc(N)c2N2C[C@H](C)C[C@H](C)C2)cc1. The third kappa shape index (κ3) is 3.26. The van der Waals surface area contributed by atoms with Gasteiger partial charge in [-0.25, -0.2) is 0 Å². The van der Waals surface area contributed by atoms with Gasteiger partial charge < -0.3 is 15.2 Å². The zero-order chi connectivity index (χ0) is 17.3. The van der Waals surface area contributed by atoms with Crippen molar-refractivity contribution in [1.82, 2.24) is 4.57 Å². The predicted molar refractivity (Wildman–Crippen MR) is 99.0 cm³/mol. The number of aromatic nitrogens is 1. The summed E-state index contributed by atoms with van der Waals surface area (Å²) in [5.41, 5.74) is 10.1. The summed E-state index contributed by atoms with van der Waals surface area (Å²) < 4.78 is 2.07. The predicted octanol–water partition coefficient (Wildman–Crippen LogP) is 3.78. The molecule has 0 spiro atoms. The first-order chi connectivity index (χ1) is 11.5. The largest absolute Gasteiger partial charge is 0.396 e. The molecule has 1 saturated heterocycles. The molecule has 2 atom stereocenters. The van der Waals surface area contributed by atoms with Crippen molar-refractivity contribution in [3.63, 3.8) is 0 Å². The smallest absolute Gasteiger partial charge is 0.133 e. The van der Waals surface area contributed by atoms with Crippen LogP contribution in [0.4, 0.5) is 11.5 Å². The van der Waals surface area contributed by atoms with E-state index in [1.165, 1.54) is 17.5 Å². The summed E-state index contributed by atoms with van der Waals surface area (Å²) in [5.74, 6) is 2.29. The van der Waals surface area contributed by atoms with Crippen LogP contribution in [0.25, 0.3) is 0 Å². The number of nitrogen functional groups attached to an aromatic ring is 1. The number of nitrogens with zero attached hydrogens (tertiary/aromatic N) is 3. The van der Waals surface area contributed by atoms with E-state index in [4.69, 9.17) is 5.73 Å². The molecule has 0 saturated carbocycles. The van der Waals surface area contributed by atoms with Crippen molar-refractivity contribution >= 4 is 11.5 Å². The zero-order valence-electron chi connectivity index (χ0n) is 14.8. The van der Waals surface area contributed by atoms with E-state index in [1.54, 1.807) is 0 Å². The summed E-state index contributed by atoms with van der Waals surface area (Å²) in [6.45, 7) is 9.33. The van der Waals surface area contributed by atoms with E-state index in [1.807, 2.05) is 6.07 Å². The third-order valence-electron chi connectivity index (χ3n) is 4.84. The van der Waals surface area contributed by atoms with Crippen LogP contribution in [0.3, 0.4) is 0 Å². The van der Waals surface area contributed by atoms with Crippen LogP contribution in [0.15, 0.2) is 30.3 Å². The fourth-order valence-corrected chi connectivity index (χ4v) is 3.88. The molecule has 126 valence electrons. The van der Waals surface area contributed by atoms with Crippen LogP contribution in [-0.4, -0.2) is 17.7 Å². The van der Waals surface area contributed by atoms with Gasteiger partial charge in [-0.15, -0.1) is 0 Å². The molecule has 4 heteroatoms. The van der Waals surface area contributed by atoms with E-state index < -0.39 is 0 Å². The minimum Gasteiger partial charge on any atom is -0.396 e. The van der Waals surface area contributed by atoms with E-state index in [0.29, 0.717) is 29.8 Å². The highest BCUT2D eigenvalue weighted by Crippen LogP contribution is 2.33. The lowest BCUT2D eigenvalue weighted by Gasteiger charge is -2.37. The third-order valence-corrected chi connectivity index (χ3v) is 4.84. The van der Waals surface area contributed by atoms with Gasteiger partial charge in [-0.3, -0.25) is 0 Å². The van der Waals surface area contributed by atoms with Crippen molar-refractivity contribution in [3.05, 3.63) is 47.2 Å². The fraction of sp³-hybridized carbons (Fsp3) is 0.450. The first-order valence-electron chi connectivity index (χ1n) is 8.67. The maximum Gasteiger partial charge on any atom is 0.133 e. The van der Waals surface area contributed by atoms with Gasteiger partial charge in [0.05, 0.1) is 12.2 Å². The van der Waals surface area contributed by atoms with Crippen LogP contribution in [0, 0.1) is 30.1 Å². The number of nitriles is 1. The van der Waals surface area contributed by atoms with Gasteiger partial charge in [-0.2, -0.15) is 5.26 Å². The number of piperidine rings is 1. The second-order valence-electron chi connectivity index (χ2n) is 7.34. The maximum absolute atomic E-state index is 9.54. The highest BCUT2D eigenvalue weighted by atomic mass is 15.3. The van der Waals surface area contributed by atoms with E-state index in [9.17, 15) is 5.26 Å². The Kier molecular flexibility index (Phi) is 4.53. The van der Waals surface area contributed by atoms with Gasteiger partial charge in [0.2, 0.25) is 0 Å². The highest BCUT2D eigenvalue weighted by Gasteiger charge is 2.26. The monoisotopic (exact) mass is 322 g/mol. The summed E-state index contributed by atoms with van der Waals surface area (Å²) in [6.07, 6.45) is 1.25. The Morgan fingerprint density at radius 3 is 2.38 bits per heavy atom. The molecule has 4 nitrogen and oxygen atoms in total. The van der Waals surface area contributed by atoms with Crippen molar-refractivity contribution in [2.24, 2.45) is 11.8 Å². The molecule has 1 aromatic heterocycles. The van der Waals surface area contributed by atoms with Gasteiger partial charge in [0.25, 0.3) is 0 Å². The minimum atomic E-state index is 0.633. The van der Waals surface area contributed by atoms with Crippen molar-refractivity contribution in [2.45, 2.75) is 33.7 Å². The number of rotatable bonds is 3. The Morgan fingerprint density at radius 2 is 1.79 bits per heavy atom. The van der Waals surface area contributed by atoms with E-state index in [0.717, 1.165) is 18.9 Å². The molecule has 1 fully saturated rings. The molecule has 1 aromatic carbocycles. The molecule has 0 radical (unpaired) electrons. The first kappa shape index (κ1) is 16.4. The van der Waals surface area contributed by atoms with Crippen LogP contribution >= 0.6 is 0 Å². The van der Waals surface area contributed by atoms with Crippen molar-refractivity contribution in [3.8, 4) is 6.07 Å². The molecule has 0 amide bonds. The lowest BCUT2D eigenvalue weighted by Crippen LogP contribution is -2.40. The van der Waals surface area contributed by atoms with Gasteiger partial charge in [-0.1, -0.05) is 43.7 Å². The zero-order valence-corrected chi connectivity index (χ0v) is 14.8. The number of aryl methyl sites for hydroxylation is 1. The molecule has 1 aliphatic heterocycles. The summed E-state index contributed by atoms with van der Waals surface area (Å²) >= 11 is 0. The number of benzene rings is 1. The van der Waals surface area contributed by atoms with E-state index in [2.05, 4.69) is 60.6 Å². The Labute approximate surface area is 144 Å². The molecule has 2 heterocycles. The van der Waals surface area contributed by atoms with Gasteiger partial charge in [-0.05, 0) is 36.8 Å². The average Bonchev–Trinajstić information content (AvgIpc) is 2.84. The van der Waals surface area contributed by atoms with Gasteiger partial charge in [0.1, 0.15) is 17.6 Å². The fourth-order valence-electron chi connectivity index (χ4n) is 3.88. The van der Waals surface area contributed by atoms with Crippen molar-refractivity contribution in [1.29, 1.82) is 5.26 Å². The maximum atomic E-state index is 9.54. The van der Waals surface area contributed by atoms with Crippen LogP contribution in [0.1, 0.15) is 37.1 Å². The second-order valence-corrected chi connectivity index (χ2v) is 7.34. The number of nitrogens with two attached hydrogens (primary N) is 1. The van der Waals surface area contributed by atoms with E-state index in [-0.39, 0.29) is 0 Å². The van der Waals surface area contributed by atoms with Crippen LogP contribution < -0.4 is 10.6 Å². The Balaban J connectivity index is 1.98. The van der Waals surface area contributed by atoms with Gasteiger partial charge in [0.15, 0.2) is 0 Å². The highest BCUT2D eigenvalue weighted by molar-refractivity contribution is 5.68. The lowest BCUT2D eigenvalue weighted by atomic mass is 9.92. The standard InChI is InChI=1S/C20H26N4/c1-14-4-6-17(7-5-14)13-24-18(10-21)9-19(22)20(24)23-11-15(2)8-16(3)12-23/h4-7,9,15-16H,8,11-13,22H2,1-3H3/t15-,16+. The van der Waals surface area contributed by atoms with Crippen LogP contribution in [-0.2, 0) is 6.54 Å². The average molecular weight is 322 g/mol. The van der Waals surface area contributed by atoms with E-state index >= 15 is 0 Å². The quantitative estimate of drug-likeness (QED) is 0.935. The van der Waals surface area contributed by atoms with Crippen LogP contribution in [0.2, 0.25) is 0 Å². The van der Waals surface area contributed by atoms with Gasteiger partial charge >= 0.3 is 0 Å². The van der Waals surface area contributed by atoms with Gasteiger partial charge in [0, 0.05) is 13.1 Å². The summed E-state index contributed by atoms with van der Waals surface area (Å²) in [5, 5.41) is 9.54. The number of anilines is 2. The Bertz CT molecular complexity index is 741. The summed E-state index contributed by atoms with van der Waals surface area (Å²) in [6, 6.07) is 12.6. The molecule has 0 bridgehead atoms. The van der Waals surface area contributed by atoms with Crippen LogP contribution in [0.5, 0.6) is 0 Å². The molecule has 3 rings (SSSR count). The molecule has 2 aromatic rings. The molecular formula is C20H26N4. The topological polar surface area (TPSA) is 58.0 Å². The first-order valence-corrected chi connectivity index (χ1v) is 8.67. The second kappa shape index (κ2) is 6.60. The summed E-state index contributed by atoms with van der Waals surface area (Å²) in [7, 11) is 0. The number of hydrogen-bond donors (Lipinski definition) is 1. The Hall–Kier alpha value is -2.41.